The van der Waals surface area contributed by atoms with Crippen LogP contribution in [0.1, 0.15) is 16.8 Å². The minimum Gasteiger partial charge on any atom is -0.480 e. The van der Waals surface area contributed by atoms with Gasteiger partial charge in [-0.25, -0.2) is 13.2 Å². The average molecular weight is 383 g/mol. The standard InChI is InChI=1S/C14H16F3NO6S/c1-24-6-7-25(22,23)10-4-2-9(3-5-10)12(19)18-11(13(20)21)8-14(15,16)17/h2-5,11H,6-8H2,1H3,(H,18,19)(H,20,21). The van der Waals surface area contributed by atoms with Crippen molar-refractivity contribution in [3.8, 4) is 0 Å². The first-order chi connectivity index (χ1) is 11.5. The van der Waals surface area contributed by atoms with Gasteiger partial charge < -0.3 is 15.2 Å². The molecule has 0 spiro atoms. The molecule has 0 aliphatic carbocycles. The van der Waals surface area contributed by atoms with Crippen LogP contribution in [0.5, 0.6) is 0 Å². The Labute approximate surface area is 141 Å². The zero-order valence-corrected chi connectivity index (χ0v) is 13.9. The Hall–Kier alpha value is -2.14. The number of benzene rings is 1. The molecule has 0 bridgehead atoms. The number of carboxylic acid groups (broad SMARTS) is 1. The third kappa shape index (κ3) is 6.70. The van der Waals surface area contributed by atoms with E-state index in [9.17, 15) is 31.2 Å². The van der Waals surface area contributed by atoms with Gasteiger partial charge in [0.15, 0.2) is 9.84 Å². The molecular formula is C14H16F3NO6S. The van der Waals surface area contributed by atoms with Crippen LogP contribution >= 0.6 is 0 Å². The maximum Gasteiger partial charge on any atom is 0.391 e. The predicted molar refractivity (Wildman–Crippen MR) is 79.9 cm³/mol. The van der Waals surface area contributed by atoms with Crippen LogP contribution in [0.2, 0.25) is 0 Å². The van der Waals surface area contributed by atoms with Crippen molar-refractivity contribution in [3.63, 3.8) is 0 Å². The van der Waals surface area contributed by atoms with Gasteiger partial charge in [-0.05, 0) is 24.3 Å². The lowest BCUT2D eigenvalue weighted by Gasteiger charge is -2.16. The summed E-state index contributed by atoms with van der Waals surface area (Å²) in [4.78, 5) is 22.6. The number of methoxy groups -OCH3 is 1. The Morgan fingerprint density at radius 1 is 1.24 bits per heavy atom. The minimum atomic E-state index is -4.77. The highest BCUT2D eigenvalue weighted by Crippen LogP contribution is 2.22. The van der Waals surface area contributed by atoms with Gasteiger partial charge in [-0.2, -0.15) is 13.2 Å². The molecule has 11 heteroatoms. The SMILES string of the molecule is COCCS(=O)(=O)c1ccc(C(=O)NC(CC(F)(F)F)C(=O)O)cc1. The molecule has 0 aliphatic heterocycles. The largest absolute Gasteiger partial charge is 0.480 e. The van der Waals surface area contributed by atoms with Crippen molar-refractivity contribution >= 4 is 21.7 Å². The number of carbonyl (C=O) groups is 2. The number of rotatable bonds is 8. The van der Waals surface area contributed by atoms with Crippen molar-refractivity contribution < 1.29 is 41.0 Å². The Kier molecular flexibility index (Phi) is 6.94. The molecule has 0 aliphatic rings. The highest BCUT2D eigenvalue weighted by molar-refractivity contribution is 7.91. The van der Waals surface area contributed by atoms with Gasteiger partial charge in [-0.1, -0.05) is 0 Å². The number of ether oxygens (including phenoxy) is 1. The zero-order chi connectivity index (χ0) is 19.3. The quantitative estimate of drug-likeness (QED) is 0.699. The number of amides is 1. The lowest BCUT2D eigenvalue weighted by Crippen LogP contribution is -2.43. The Balaban J connectivity index is 2.87. The van der Waals surface area contributed by atoms with Crippen molar-refractivity contribution in [1.29, 1.82) is 0 Å². The van der Waals surface area contributed by atoms with E-state index < -0.39 is 40.4 Å². The highest BCUT2D eigenvalue weighted by atomic mass is 32.2. The molecule has 1 amide bonds. The molecule has 0 fully saturated rings. The second-order valence-corrected chi connectivity index (χ2v) is 7.13. The fourth-order valence-corrected chi connectivity index (χ4v) is 2.97. The van der Waals surface area contributed by atoms with Crippen LogP contribution in [0.3, 0.4) is 0 Å². The Morgan fingerprint density at radius 2 is 1.80 bits per heavy atom. The fourth-order valence-electron chi connectivity index (χ4n) is 1.80. The summed E-state index contributed by atoms with van der Waals surface area (Å²) in [5.41, 5.74) is -0.167. The molecule has 7 nitrogen and oxygen atoms in total. The lowest BCUT2D eigenvalue weighted by molar-refractivity contribution is -0.157. The smallest absolute Gasteiger partial charge is 0.391 e. The predicted octanol–water partition coefficient (Wildman–Crippen LogP) is 1.24. The van der Waals surface area contributed by atoms with E-state index in [1.165, 1.54) is 7.11 Å². The monoisotopic (exact) mass is 383 g/mol. The summed E-state index contributed by atoms with van der Waals surface area (Å²) in [5.74, 6) is -3.16. The molecule has 1 aromatic carbocycles. The second kappa shape index (κ2) is 8.30. The maximum atomic E-state index is 12.3. The number of carbonyl (C=O) groups excluding carboxylic acids is 1. The number of alkyl halides is 3. The molecule has 1 aromatic rings. The lowest BCUT2D eigenvalue weighted by atomic mass is 10.1. The summed E-state index contributed by atoms with van der Waals surface area (Å²) in [6.07, 6.45) is -6.49. The summed E-state index contributed by atoms with van der Waals surface area (Å²) in [6, 6.07) is 2.25. The maximum absolute atomic E-state index is 12.3. The molecule has 0 saturated carbocycles. The van der Waals surface area contributed by atoms with E-state index in [-0.39, 0.29) is 22.8 Å². The molecule has 1 atom stereocenters. The molecule has 1 rings (SSSR count). The highest BCUT2D eigenvalue weighted by Gasteiger charge is 2.36. The molecule has 0 aromatic heterocycles. The summed E-state index contributed by atoms with van der Waals surface area (Å²) in [6.45, 7) is -0.0255. The van der Waals surface area contributed by atoms with Crippen LogP contribution in [0.15, 0.2) is 29.2 Å². The number of hydrogen-bond acceptors (Lipinski definition) is 5. The van der Waals surface area contributed by atoms with E-state index in [0.29, 0.717) is 0 Å². The fraction of sp³-hybridized carbons (Fsp3) is 0.429. The van der Waals surface area contributed by atoms with E-state index in [1.54, 1.807) is 5.32 Å². The normalized spacial score (nSPS) is 13.3. The van der Waals surface area contributed by atoms with Gasteiger partial charge in [0.2, 0.25) is 0 Å². The number of nitrogens with one attached hydrogen (secondary N) is 1. The van der Waals surface area contributed by atoms with E-state index in [2.05, 4.69) is 4.74 Å². The molecule has 0 heterocycles. The van der Waals surface area contributed by atoms with Crippen LogP contribution in [0.25, 0.3) is 0 Å². The number of sulfone groups is 1. The molecule has 0 radical (unpaired) electrons. The van der Waals surface area contributed by atoms with Gasteiger partial charge in [0.1, 0.15) is 6.04 Å². The van der Waals surface area contributed by atoms with Crippen LogP contribution in [0, 0.1) is 0 Å². The van der Waals surface area contributed by atoms with Crippen molar-refractivity contribution in [2.75, 3.05) is 19.5 Å². The zero-order valence-electron chi connectivity index (χ0n) is 13.0. The van der Waals surface area contributed by atoms with Gasteiger partial charge >= 0.3 is 12.1 Å². The third-order valence-electron chi connectivity index (χ3n) is 3.07. The van der Waals surface area contributed by atoms with Crippen molar-refractivity contribution in [2.24, 2.45) is 0 Å². The van der Waals surface area contributed by atoms with Crippen molar-refractivity contribution in [2.45, 2.75) is 23.5 Å². The van der Waals surface area contributed by atoms with Gasteiger partial charge in [-0.3, -0.25) is 4.79 Å². The minimum absolute atomic E-state index is 0.0255. The molecule has 140 valence electrons. The molecule has 2 N–H and O–H groups in total. The number of aliphatic carboxylic acids is 1. The van der Waals surface area contributed by atoms with E-state index >= 15 is 0 Å². The molecular weight excluding hydrogens is 367 g/mol. The second-order valence-electron chi connectivity index (χ2n) is 5.02. The van der Waals surface area contributed by atoms with Gasteiger partial charge in [0.05, 0.1) is 23.7 Å². The number of carboxylic acids is 1. The number of halogens is 3. The molecule has 1 unspecified atom stereocenters. The van der Waals surface area contributed by atoms with Crippen molar-refractivity contribution in [3.05, 3.63) is 29.8 Å². The summed E-state index contributed by atoms with van der Waals surface area (Å²) in [7, 11) is -2.29. The third-order valence-corrected chi connectivity index (χ3v) is 4.77. The molecule has 0 saturated heterocycles. The summed E-state index contributed by atoms with van der Waals surface area (Å²) < 4.78 is 65.4. The van der Waals surface area contributed by atoms with Crippen LogP contribution < -0.4 is 5.32 Å². The van der Waals surface area contributed by atoms with E-state index in [0.717, 1.165) is 24.3 Å². The van der Waals surface area contributed by atoms with Gasteiger partial charge in [0.25, 0.3) is 5.91 Å². The van der Waals surface area contributed by atoms with Gasteiger partial charge in [0, 0.05) is 12.7 Å². The van der Waals surface area contributed by atoms with Crippen LogP contribution in [0.4, 0.5) is 13.2 Å². The Bertz CT molecular complexity index is 715. The van der Waals surface area contributed by atoms with Gasteiger partial charge in [-0.15, -0.1) is 0 Å². The number of hydrogen-bond donors (Lipinski definition) is 2. The van der Waals surface area contributed by atoms with Crippen LogP contribution in [-0.4, -0.2) is 57.1 Å². The Morgan fingerprint density at radius 3 is 2.24 bits per heavy atom. The molecule has 25 heavy (non-hydrogen) atoms. The first-order valence-corrected chi connectivity index (χ1v) is 8.53. The summed E-state index contributed by atoms with van der Waals surface area (Å²) in [5, 5.41) is 10.5. The van der Waals surface area contributed by atoms with E-state index in [1.807, 2.05) is 0 Å². The van der Waals surface area contributed by atoms with Crippen LogP contribution in [-0.2, 0) is 19.4 Å². The van der Waals surface area contributed by atoms with E-state index in [4.69, 9.17) is 5.11 Å². The first kappa shape index (κ1) is 20.9. The average Bonchev–Trinajstić information content (AvgIpc) is 2.51. The topological polar surface area (TPSA) is 110 Å². The first-order valence-electron chi connectivity index (χ1n) is 6.88. The summed E-state index contributed by atoms with van der Waals surface area (Å²) >= 11 is 0. The van der Waals surface area contributed by atoms with Crippen molar-refractivity contribution in [1.82, 2.24) is 5.32 Å².